The van der Waals surface area contributed by atoms with Crippen molar-refractivity contribution in [2.45, 2.75) is 25.1 Å². The highest BCUT2D eigenvalue weighted by molar-refractivity contribution is 8.00. The summed E-state index contributed by atoms with van der Waals surface area (Å²) in [5, 5.41) is 4.50. The summed E-state index contributed by atoms with van der Waals surface area (Å²) < 4.78 is 0. The molecule has 0 N–H and O–H groups in total. The van der Waals surface area contributed by atoms with Crippen molar-refractivity contribution in [2.75, 3.05) is 12.3 Å². The molecule has 0 aromatic carbocycles. The first-order valence-electron chi connectivity index (χ1n) is 5.26. The predicted molar refractivity (Wildman–Crippen MR) is 66.1 cm³/mol. The highest BCUT2D eigenvalue weighted by atomic mass is 32.2. The number of nitrogens with zero attached hydrogens (tertiary/aromatic N) is 1. The average Bonchev–Trinajstić information content (AvgIpc) is 2.84. The summed E-state index contributed by atoms with van der Waals surface area (Å²) in [6.45, 7) is 3.07. The Balaban J connectivity index is 2.07. The summed E-state index contributed by atoms with van der Waals surface area (Å²) in [6.07, 6.45) is 2.25. The first-order valence-corrected chi connectivity index (χ1v) is 7.25. The third-order valence-corrected chi connectivity index (χ3v) is 4.51. The van der Waals surface area contributed by atoms with E-state index in [0.717, 1.165) is 19.4 Å². The molecule has 1 aromatic rings. The van der Waals surface area contributed by atoms with Gasteiger partial charge in [-0.1, -0.05) is 13.3 Å². The predicted octanol–water partition coefficient (Wildman–Crippen LogP) is 3.12. The largest absolute Gasteiger partial charge is 0.326 e. The topological polar surface area (TPSA) is 20.3 Å². The molecule has 0 aliphatic carbocycles. The van der Waals surface area contributed by atoms with E-state index in [4.69, 9.17) is 0 Å². The Bertz CT molecular complexity index is 323. The molecule has 1 fully saturated rings. The SMILES string of the molecule is CCCCN1C(=O)CSC1c1ccsc1. The minimum absolute atomic E-state index is 0.273. The van der Waals surface area contributed by atoms with Crippen molar-refractivity contribution in [3.63, 3.8) is 0 Å². The lowest BCUT2D eigenvalue weighted by molar-refractivity contribution is -0.128. The minimum atomic E-state index is 0.273. The van der Waals surface area contributed by atoms with Crippen molar-refractivity contribution >= 4 is 29.0 Å². The van der Waals surface area contributed by atoms with Gasteiger partial charge in [-0.3, -0.25) is 4.79 Å². The number of hydrogen-bond acceptors (Lipinski definition) is 3. The lowest BCUT2D eigenvalue weighted by Gasteiger charge is -2.22. The van der Waals surface area contributed by atoms with Crippen molar-refractivity contribution in [2.24, 2.45) is 0 Å². The van der Waals surface area contributed by atoms with E-state index < -0.39 is 0 Å². The summed E-state index contributed by atoms with van der Waals surface area (Å²) >= 11 is 3.45. The van der Waals surface area contributed by atoms with Crippen LogP contribution >= 0.6 is 23.1 Å². The summed E-state index contributed by atoms with van der Waals surface area (Å²) in [6, 6.07) is 2.12. The van der Waals surface area contributed by atoms with Gasteiger partial charge in [-0.15, -0.1) is 11.8 Å². The van der Waals surface area contributed by atoms with E-state index in [2.05, 4.69) is 23.8 Å². The summed E-state index contributed by atoms with van der Waals surface area (Å²) in [5.74, 6) is 0.939. The molecule has 82 valence electrons. The van der Waals surface area contributed by atoms with Gasteiger partial charge in [0, 0.05) is 6.54 Å². The second kappa shape index (κ2) is 5.03. The standard InChI is InChI=1S/C11H15NOS2/c1-2-3-5-12-10(13)8-15-11(12)9-4-6-14-7-9/h4,6-7,11H,2-3,5,8H2,1H3. The molecule has 1 aromatic heterocycles. The summed E-state index contributed by atoms with van der Waals surface area (Å²) in [7, 11) is 0. The quantitative estimate of drug-likeness (QED) is 0.807. The third kappa shape index (κ3) is 2.37. The number of amides is 1. The number of carbonyl (C=O) groups is 1. The lowest BCUT2D eigenvalue weighted by Crippen LogP contribution is -2.28. The van der Waals surface area contributed by atoms with Gasteiger partial charge < -0.3 is 4.90 Å². The van der Waals surface area contributed by atoms with Crippen LogP contribution in [0.4, 0.5) is 0 Å². The Morgan fingerprint density at radius 1 is 1.60 bits per heavy atom. The third-order valence-electron chi connectivity index (χ3n) is 2.55. The van der Waals surface area contributed by atoms with Gasteiger partial charge in [0.2, 0.25) is 5.91 Å². The zero-order valence-corrected chi connectivity index (χ0v) is 10.4. The number of rotatable bonds is 4. The van der Waals surface area contributed by atoms with Crippen LogP contribution in [0.5, 0.6) is 0 Å². The molecule has 0 bridgehead atoms. The molecule has 1 atom stereocenters. The second-order valence-electron chi connectivity index (χ2n) is 3.66. The highest BCUT2D eigenvalue weighted by Crippen LogP contribution is 2.39. The Labute approximate surface area is 98.7 Å². The molecule has 0 saturated carbocycles. The van der Waals surface area contributed by atoms with Crippen molar-refractivity contribution in [1.82, 2.24) is 4.90 Å². The van der Waals surface area contributed by atoms with Crippen LogP contribution in [0.1, 0.15) is 30.7 Å². The zero-order chi connectivity index (χ0) is 10.7. The molecule has 1 unspecified atom stereocenters. The summed E-state index contributed by atoms with van der Waals surface area (Å²) in [4.78, 5) is 13.7. The van der Waals surface area contributed by atoms with E-state index in [1.165, 1.54) is 5.56 Å². The van der Waals surface area contributed by atoms with Gasteiger partial charge in [-0.05, 0) is 28.8 Å². The Morgan fingerprint density at radius 3 is 3.13 bits per heavy atom. The van der Waals surface area contributed by atoms with E-state index in [9.17, 15) is 4.79 Å². The maximum absolute atomic E-state index is 11.7. The van der Waals surface area contributed by atoms with E-state index in [0.29, 0.717) is 11.7 Å². The van der Waals surface area contributed by atoms with Crippen molar-refractivity contribution < 1.29 is 4.79 Å². The molecule has 2 nitrogen and oxygen atoms in total. The molecular formula is C11H15NOS2. The molecule has 15 heavy (non-hydrogen) atoms. The van der Waals surface area contributed by atoms with E-state index in [1.807, 2.05) is 4.90 Å². The fourth-order valence-electron chi connectivity index (χ4n) is 1.72. The van der Waals surface area contributed by atoms with Gasteiger partial charge >= 0.3 is 0 Å². The van der Waals surface area contributed by atoms with Gasteiger partial charge in [0.25, 0.3) is 0 Å². The zero-order valence-electron chi connectivity index (χ0n) is 8.81. The van der Waals surface area contributed by atoms with Crippen LogP contribution in [0, 0.1) is 0 Å². The van der Waals surface area contributed by atoms with Gasteiger partial charge in [-0.2, -0.15) is 11.3 Å². The number of unbranched alkanes of at least 4 members (excludes halogenated alkanes) is 1. The molecule has 1 saturated heterocycles. The average molecular weight is 241 g/mol. The first-order chi connectivity index (χ1) is 7.33. The van der Waals surface area contributed by atoms with Crippen LogP contribution in [0.3, 0.4) is 0 Å². The van der Waals surface area contributed by atoms with Gasteiger partial charge in [0.15, 0.2) is 0 Å². The number of thiophene rings is 1. The molecule has 1 amide bonds. The van der Waals surface area contributed by atoms with Gasteiger partial charge in [0.05, 0.1) is 5.75 Å². The smallest absolute Gasteiger partial charge is 0.233 e. The Hall–Kier alpha value is -0.480. The van der Waals surface area contributed by atoms with E-state index >= 15 is 0 Å². The molecule has 2 rings (SSSR count). The van der Waals surface area contributed by atoms with Crippen LogP contribution < -0.4 is 0 Å². The highest BCUT2D eigenvalue weighted by Gasteiger charge is 2.32. The van der Waals surface area contributed by atoms with Crippen LogP contribution in [0.2, 0.25) is 0 Å². The van der Waals surface area contributed by atoms with Crippen LogP contribution in [0.15, 0.2) is 16.8 Å². The van der Waals surface area contributed by atoms with Gasteiger partial charge in [0.1, 0.15) is 5.37 Å². The maximum Gasteiger partial charge on any atom is 0.233 e. The summed E-state index contributed by atoms with van der Waals surface area (Å²) in [5.41, 5.74) is 1.28. The van der Waals surface area contributed by atoms with E-state index in [-0.39, 0.29) is 5.37 Å². The number of thioether (sulfide) groups is 1. The van der Waals surface area contributed by atoms with Gasteiger partial charge in [-0.25, -0.2) is 0 Å². The maximum atomic E-state index is 11.7. The second-order valence-corrected chi connectivity index (χ2v) is 5.51. The molecule has 0 radical (unpaired) electrons. The van der Waals surface area contributed by atoms with Crippen LogP contribution in [-0.2, 0) is 4.79 Å². The fraction of sp³-hybridized carbons (Fsp3) is 0.545. The minimum Gasteiger partial charge on any atom is -0.326 e. The lowest BCUT2D eigenvalue weighted by atomic mass is 10.2. The molecule has 2 heterocycles. The Kier molecular flexibility index (Phi) is 3.70. The van der Waals surface area contributed by atoms with Crippen molar-refractivity contribution in [3.8, 4) is 0 Å². The molecule has 1 aliphatic heterocycles. The van der Waals surface area contributed by atoms with E-state index in [1.54, 1.807) is 23.1 Å². The molecular weight excluding hydrogens is 226 g/mol. The molecule has 0 spiro atoms. The Morgan fingerprint density at radius 2 is 2.47 bits per heavy atom. The molecule has 1 aliphatic rings. The number of carbonyl (C=O) groups excluding carboxylic acids is 1. The van der Waals surface area contributed by atoms with Crippen LogP contribution in [0.25, 0.3) is 0 Å². The fourth-order valence-corrected chi connectivity index (χ4v) is 3.69. The monoisotopic (exact) mass is 241 g/mol. The molecule has 4 heteroatoms. The normalized spacial score (nSPS) is 21.3. The first kappa shape index (κ1) is 11.0. The number of hydrogen-bond donors (Lipinski definition) is 0. The van der Waals surface area contributed by atoms with Crippen molar-refractivity contribution in [3.05, 3.63) is 22.4 Å². The van der Waals surface area contributed by atoms with Crippen LogP contribution in [-0.4, -0.2) is 23.1 Å². The van der Waals surface area contributed by atoms with Crippen molar-refractivity contribution in [1.29, 1.82) is 0 Å².